The molecular weight excluding hydrogens is 334 g/mol. The number of hydrogen-bond acceptors (Lipinski definition) is 4. The minimum absolute atomic E-state index is 0.0947. The molecule has 0 amide bonds. The molecule has 23 heavy (non-hydrogen) atoms. The van der Waals surface area contributed by atoms with Crippen LogP contribution < -0.4 is 5.73 Å². The number of aliphatic hydroxyl groups is 1. The SMILES string of the molecule is NC[C@@]1(CO)[C@H](S(=O)(=O)c2ccccc2)[C@@H]1c1cccc(Cl)c1. The number of benzene rings is 2. The van der Waals surface area contributed by atoms with Crippen molar-refractivity contribution in [3.63, 3.8) is 0 Å². The summed E-state index contributed by atoms with van der Waals surface area (Å²) in [4.78, 5) is 0.251. The van der Waals surface area contributed by atoms with Crippen molar-refractivity contribution < 1.29 is 13.5 Å². The van der Waals surface area contributed by atoms with Gasteiger partial charge in [-0.3, -0.25) is 0 Å². The van der Waals surface area contributed by atoms with E-state index in [1.807, 2.05) is 6.07 Å². The molecule has 0 aliphatic heterocycles. The fourth-order valence-electron chi connectivity index (χ4n) is 3.40. The van der Waals surface area contributed by atoms with Gasteiger partial charge in [-0.2, -0.15) is 0 Å². The van der Waals surface area contributed by atoms with E-state index in [4.69, 9.17) is 17.3 Å². The van der Waals surface area contributed by atoms with Crippen LogP contribution in [0.4, 0.5) is 0 Å². The molecule has 2 aromatic rings. The Morgan fingerprint density at radius 1 is 1.13 bits per heavy atom. The molecule has 0 aromatic heterocycles. The summed E-state index contributed by atoms with van der Waals surface area (Å²) in [5, 5.41) is 9.65. The van der Waals surface area contributed by atoms with Gasteiger partial charge in [-0.15, -0.1) is 0 Å². The highest BCUT2D eigenvalue weighted by molar-refractivity contribution is 7.92. The van der Waals surface area contributed by atoms with E-state index in [2.05, 4.69) is 0 Å². The van der Waals surface area contributed by atoms with Crippen LogP contribution in [0.15, 0.2) is 59.5 Å². The number of hydrogen-bond donors (Lipinski definition) is 2. The van der Waals surface area contributed by atoms with Gasteiger partial charge in [0, 0.05) is 22.9 Å². The largest absolute Gasteiger partial charge is 0.396 e. The number of halogens is 1. The molecule has 0 spiro atoms. The van der Waals surface area contributed by atoms with Crippen molar-refractivity contribution >= 4 is 21.4 Å². The highest BCUT2D eigenvalue weighted by Crippen LogP contribution is 2.63. The summed E-state index contributed by atoms with van der Waals surface area (Å²) in [7, 11) is -3.59. The minimum atomic E-state index is -3.59. The van der Waals surface area contributed by atoms with Crippen molar-refractivity contribution in [3.8, 4) is 0 Å². The Morgan fingerprint density at radius 2 is 1.83 bits per heavy atom. The maximum atomic E-state index is 13.0. The second kappa shape index (κ2) is 5.91. The number of aliphatic hydroxyl groups excluding tert-OH is 1. The second-order valence-electron chi connectivity index (χ2n) is 5.91. The lowest BCUT2D eigenvalue weighted by Gasteiger charge is -2.12. The first-order valence-electron chi connectivity index (χ1n) is 7.33. The molecule has 2 aromatic carbocycles. The van der Waals surface area contributed by atoms with Crippen LogP contribution in [-0.4, -0.2) is 31.9 Å². The van der Waals surface area contributed by atoms with Crippen molar-refractivity contribution in [3.05, 3.63) is 65.2 Å². The standard InChI is InChI=1S/C17H18ClNO3S/c18-13-6-4-5-12(9-13)15-16(17(15,10-19)11-20)23(21,22)14-7-2-1-3-8-14/h1-9,15-16,20H,10-11,19H2/t15-,16+,17-/m0/s1. The van der Waals surface area contributed by atoms with Crippen molar-refractivity contribution in [2.24, 2.45) is 11.1 Å². The summed E-state index contributed by atoms with van der Waals surface area (Å²) in [5.41, 5.74) is 5.78. The van der Waals surface area contributed by atoms with E-state index in [0.29, 0.717) is 5.02 Å². The molecule has 0 bridgehead atoms. The van der Waals surface area contributed by atoms with Crippen molar-refractivity contribution in [2.75, 3.05) is 13.2 Å². The zero-order valence-electron chi connectivity index (χ0n) is 12.4. The van der Waals surface area contributed by atoms with E-state index in [1.165, 1.54) is 0 Å². The van der Waals surface area contributed by atoms with E-state index >= 15 is 0 Å². The van der Waals surface area contributed by atoms with Gasteiger partial charge in [0.1, 0.15) is 0 Å². The Balaban J connectivity index is 2.07. The van der Waals surface area contributed by atoms with Crippen LogP contribution in [0, 0.1) is 5.41 Å². The van der Waals surface area contributed by atoms with Crippen molar-refractivity contribution in [2.45, 2.75) is 16.1 Å². The molecule has 0 unspecified atom stereocenters. The number of nitrogens with two attached hydrogens (primary N) is 1. The highest BCUT2D eigenvalue weighted by Gasteiger charge is 2.70. The van der Waals surface area contributed by atoms with Gasteiger partial charge in [0.2, 0.25) is 0 Å². The van der Waals surface area contributed by atoms with Gasteiger partial charge in [-0.1, -0.05) is 41.9 Å². The molecule has 3 rings (SSSR count). The Hall–Kier alpha value is -1.40. The van der Waals surface area contributed by atoms with Gasteiger partial charge in [0.25, 0.3) is 0 Å². The Labute approximate surface area is 140 Å². The van der Waals surface area contributed by atoms with Gasteiger partial charge >= 0.3 is 0 Å². The van der Waals surface area contributed by atoms with Crippen molar-refractivity contribution in [1.29, 1.82) is 0 Å². The molecule has 6 heteroatoms. The highest BCUT2D eigenvalue weighted by atomic mass is 35.5. The maximum Gasteiger partial charge on any atom is 0.182 e. The van der Waals surface area contributed by atoms with Crippen LogP contribution in [0.1, 0.15) is 11.5 Å². The monoisotopic (exact) mass is 351 g/mol. The van der Waals surface area contributed by atoms with E-state index in [9.17, 15) is 13.5 Å². The smallest absolute Gasteiger partial charge is 0.182 e. The normalized spacial score (nSPS) is 26.9. The third-order valence-electron chi connectivity index (χ3n) is 4.67. The molecule has 3 N–H and O–H groups in total. The molecule has 1 aliphatic carbocycles. The molecule has 3 atom stereocenters. The first kappa shape index (κ1) is 16.5. The fourth-order valence-corrected chi connectivity index (χ4v) is 6.07. The summed E-state index contributed by atoms with van der Waals surface area (Å²) >= 11 is 6.03. The third kappa shape index (κ3) is 2.58. The second-order valence-corrected chi connectivity index (χ2v) is 8.41. The van der Waals surface area contributed by atoms with E-state index in [1.54, 1.807) is 48.5 Å². The lowest BCUT2D eigenvalue weighted by Crippen LogP contribution is -2.27. The zero-order valence-corrected chi connectivity index (χ0v) is 14.0. The van der Waals surface area contributed by atoms with Crippen LogP contribution in [0.25, 0.3) is 0 Å². The van der Waals surface area contributed by atoms with Gasteiger partial charge < -0.3 is 10.8 Å². The van der Waals surface area contributed by atoms with Crippen LogP contribution in [0.2, 0.25) is 5.02 Å². The molecule has 1 fully saturated rings. The Kier molecular flexibility index (Phi) is 4.23. The average molecular weight is 352 g/mol. The quantitative estimate of drug-likeness (QED) is 0.865. The Morgan fingerprint density at radius 3 is 2.39 bits per heavy atom. The number of rotatable bonds is 5. The molecule has 0 radical (unpaired) electrons. The Bertz CT molecular complexity index is 804. The first-order valence-corrected chi connectivity index (χ1v) is 9.25. The summed E-state index contributed by atoms with van der Waals surface area (Å²) in [6.45, 7) is -0.186. The third-order valence-corrected chi connectivity index (χ3v) is 7.24. The van der Waals surface area contributed by atoms with Crippen LogP contribution in [-0.2, 0) is 9.84 Å². The van der Waals surface area contributed by atoms with E-state index in [0.717, 1.165) is 5.56 Å². The van der Waals surface area contributed by atoms with Crippen LogP contribution >= 0.6 is 11.6 Å². The topological polar surface area (TPSA) is 80.4 Å². The van der Waals surface area contributed by atoms with Crippen LogP contribution in [0.3, 0.4) is 0 Å². The average Bonchev–Trinajstić information content (AvgIpc) is 3.26. The van der Waals surface area contributed by atoms with Gasteiger partial charge in [-0.05, 0) is 29.8 Å². The molecule has 0 saturated heterocycles. The molecule has 1 saturated carbocycles. The van der Waals surface area contributed by atoms with E-state index < -0.39 is 20.5 Å². The fraction of sp³-hybridized carbons (Fsp3) is 0.294. The van der Waals surface area contributed by atoms with Gasteiger partial charge in [0.15, 0.2) is 9.84 Å². The van der Waals surface area contributed by atoms with Crippen molar-refractivity contribution in [1.82, 2.24) is 0 Å². The maximum absolute atomic E-state index is 13.0. The predicted octanol–water partition coefficient (Wildman–Crippen LogP) is 2.22. The lowest BCUT2D eigenvalue weighted by atomic mass is 10.0. The molecular formula is C17H18ClNO3S. The van der Waals surface area contributed by atoms with E-state index in [-0.39, 0.29) is 24.0 Å². The summed E-state index contributed by atoms with van der Waals surface area (Å²) in [6, 6.07) is 15.4. The predicted molar refractivity (Wildman–Crippen MR) is 90.2 cm³/mol. The minimum Gasteiger partial charge on any atom is -0.396 e. The summed E-state index contributed by atoms with van der Waals surface area (Å²) in [6.07, 6.45) is 0. The molecule has 122 valence electrons. The summed E-state index contributed by atoms with van der Waals surface area (Å²) < 4.78 is 26.0. The van der Waals surface area contributed by atoms with Gasteiger partial charge in [-0.25, -0.2) is 8.42 Å². The lowest BCUT2D eigenvalue weighted by molar-refractivity contribution is 0.212. The summed E-state index contributed by atoms with van der Waals surface area (Å²) in [5.74, 6) is -0.360. The first-order chi connectivity index (χ1) is 11.0. The molecule has 0 heterocycles. The molecule has 4 nitrogen and oxygen atoms in total. The zero-order chi connectivity index (χ0) is 16.7. The number of sulfone groups is 1. The van der Waals surface area contributed by atoms with Gasteiger partial charge in [0.05, 0.1) is 16.8 Å². The molecule has 1 aliphatic rings. The van der Waals surface area contributed by atoms with Crippen LogP contribution in [0.5, 0.6) is 0 Å².